The number of carbonyl (C=O) groups excluding carboxylic acids is 1. The van der Waals surface area contributed by atoms with Crippen LogP contribution in [0.2, 0.25) is 5.02 Å². The number of halogens is 1. The van der Waals surface area contributed by atoms with Crippen LogP contribution in [0.3, 0.4) is 0 Å². The minimum Gasteiger partial charge on any atom is -0.493 e. The Kier molecular flexibility index (Phi) is 6.16. The second-order valence-electron chi connectivity index (χ2n) is 7.91. The Morgan fingerprint density at radius 2 is 1.77 bits per heavy atom. The summed E-state index contributed by atoms with van der Waals surface area (Å²) in [7, 11) is 3.22. The number of amides is 1. The lowest BCUT2D eigenvalue weighted by Crippen LogP contribution is -2.22. The topological polar surface area (TPSA) is 77.4 Å². The molecule has 1 aliphatic heterocycles. The molecule has 0 fully saturated rings. The van der Waals surface area contributed by atoms with E-state index in [1.54, 1.807) is 49.4 Å². The first-order valence-corrected chi connectivity index (χ1v) is 11.4. The quantitative estimate of drug-likeness (QED) is 0.357. The van der Waals surface area contributed by atoms with Crippen LogP contribution in [0.5, 0.6) is 11.5 Å². The maximum Gasteiger partial charge on any atom is 0.261 e. The molecule has 0 saturated heterocycles. The number of nitrogens with one attached hydrogen (secondary N) is 2. The molecule has 0 aliphatic carbocycles. The zero-order chi connectivity index (χ0) is 24.4. The van der Waals surface area contributed by atoms with Gasteiger partial charge in [-0.15, -0.1) is 0 Å². The average molecular weight is 487 g/mol. The lowest BCUT2D eigenvalue weighted by molar-refractivity contribution is 0.102. The van der Waals surface area contributed by atoms with E-state index in [1.807, 2.05) is 48.5 Å². The molecule has 0 spiro atoms. The molecule has 176 valence electrons. The number of anilines is 2. The molecule has 1 aliphatic rings. The number of allylic oxidation sites excluding steroid dienone is 1. The first-order chi connectivity index (χ1) is 17.1. The summed E-state index contributed by atoms with van der Waals surface area (Å²) in [5.41, 5.74) is 3.74. The molecule has 2 heterocycles. The number of benzene rings is 3. The highest BCUT2D eigenvalue weighted by Crippen LogP contribution is 2.41. The molecule has 0 saturated carbocycles. The second kappa shape index (κ2) is 9.56. The number of nitrogens with zero attached hydrogens (tertiary/aromatic N) is 2. The Hall–Kier alpha value is -4.23. The molecule has 8 heteroatoms. The van der Waals surface area contributed by atoms with Gasteiger partial charge in [-0.3, -0.25) is 4.79 Å². The number of hydrogen-bond donors (Lipinski definition) is 2. The van der Waals surface area contributed by atoms with Gasteiger partial charge in [-0.2, -0.15) is 5.10 Å². The predicted octanol–water partition coefficient (Wildman–Crippen LogP) is 5.86. The van der Waals surface area contributed by atoms with Gasteiger partial charge in [0.05, 0.1) is 20.4 Å². The van der Waals surface area contributed by atoms with Crippen LogP contribution in [0.25, 0.3) is 5.70 Å². The molecule has 1 amide bonds. The first kappa shape index (κ1) is 22.6. The van der Waals surface area contributed by atoms with Crippen LogP contribution in [0.15, 0.2) is 85.1 Å². The molecule has 4 aromatic rings. The smallest absolute Gasteiger partial charge is 0.261 e. The van der Waals surface area contributed by atoms with Crippen molar-refractivity contribution in [3.05, 3.63) is 107 Å². The van der Waals surface area contributed by atoms with Gasteiger partial charge < -0.3 is 20.1 Å². The van der Waals surface area contributed by atoms with Gasteiger partial charge >= 0.3 is 0 Å². The summed E-state index contributed by atoms with van der Waals surface area (Å²) in [6.07, 6.45) is 3.63. The molecule has 35 heavy (non-hydrogen) atoms. The zero-order valence-corrected chi connectivity index (χ0v) is 19.9. The van der Waals surface area contributed by atoms with E-state index in [0.29, 0.717) is 33.6 Å². The Morgan fingerprint density at radius 3 is 2.49 bits per heavy atom. The van der Waals surface area contributed by atoms with Crippen LogP contribution in [0.4, 0.5) is 11.5 Å². The zero-order valence-electron chi connectivity index (χ0n) is 19.2. The molecule has 5 rings (SSSR count). The molecule has 2 N–H and O–H groups in total. The third kappa shape index (κ3) is 4.34. The van der Waals surface area contributed by atoms with Gasteiger partial charge in [0, 0.05) is 22.0 Å². The lowest BCUT2D eigenvalue weighted by atomic mass is 9.99. The Labute approximate surface area is 207 Å². The van der Waals surface area contributed by atoms with Crippen LogP contribution in [-0.4, -0.2) is 29.9 Å². The largest absolute Gasteiger partial charge is 0.493 e. The number of fused-ring (bicyclic) bond motifs is 1. The monoisotopic (exact) mass is 486 g/mol. The van der Waals surface area contributed by atoms with Crippen molar-refractivity contribution in [2.24, 2.45) is 0 Å². The summed E-state index contributed by atoms with van der Waals surface area (Å²) in [5, 5.41) is 11.5. The number of methoxy groups -OCH3 is 2. The molecular formula is C27H23ClN4O3. The summed E-state index contributed by atoms with van der Waals surface area (Å²) in [6.45, 7) is 0. The molecule has 1 unspecified atom stereocenters. The third-order valence-corrected chi connectivity index (χ3v) is 6.07. The average Bonchev–Trinajstić information content (AvgIpc) is 3.33. The van der Waals surface area contributed by atoms with Crippen molar-refractivity contribution in [3.63, 3.8) is 0 Å². The number of ether oxygens (including phenoxy) is 2. The number of carbonyl (C=O) groups is 1. The summed E-state index contributed by atoms with van der Waals surface area (Å²) in [6, 6.07) is 22.3. The van der Waals surface area contributed by atoms with Crippen molar-refractivity contribution in [1.82, 2.24) is 9.78 Å². The van der Waals surface area contributed by atoms with E-state index >= 15 is 0 Å². The molecule has 0 bridgehead atoms. The first-order valence-electron chi connectivity index (χ1n) is 11.0. The van der Waals surface area contributed by atoms with Crippen LogP contribution in [-0.2, 0) is 0 Å². The summed E-state index contributed by atoms with van der Waals surface area (Å²) < 4.78 is 13.0. The maximum absolute atomic E-state index is 13.2. The number of para-hydroxylation sites is 1. The minimum atomic E-state index is -0.344. The second-order valence-corrected chi connectivity index (χ2v) is 8.35. The van der Waals surface area contributed by atoms with Gasteiger partial charge in [0.2, 0.25) is 0 Å². The van der Waals surface area contributed by atoms with Crippen LogP contribution in [0.1, 0.15) is 27.5 Å². The lowest BCUT2D eigenvalue weighted by Gasteiger charge is -2.27. The fourth-order valence-corrected chi connectivity index (χ4v) is 4.27. The van der Waals surface area contributed by atoms with E-state index in [0.717, 1.165) is 16.8 Å². The minimum absolute atomic E-state index is 0.285. The van der Waals surface area contributed by atoms with E-state index in [9.17, 15) is 4.79 Å². The van der Waals surface area contributed by atoms with Crippen molar-refractivity contribution in [2.45, 2.75) is 6.04 Å². The highest BCUT2D eigenvalue weighted by Gasteiger charge is 2.30. The molecule has 0 radical (unpaired) electrons. The standard InChI is InChI=1S/C27H23ClN4O3/c1-34-24-10-6-9-20(25(24)35-2)23-15-22(17-7-4-3-5-8-17)31-26-21(16-29-32(23)26)27(33)30-19-13-11-18(28)12-14-19/h3-16,23,31H,1-2H3,(H,30,33). The Morgan fingerprint density at radius 1 is 1.00 bits per heavy atom. The Balaban J connectivity index is 1.60. The Bertz CT molecular complexity index is 1400. The highest BCUT2D eigenvalue weighted by atomic mass is 35.5. The molecule has 1 atom stereocenters. The van der Waals surface area contributed by atoms with Gasteiger partial charge in [0.1, 0.15) is 17.4 Å². The van der Waals surface area contributed by atoms with Crippen LogP contribution in [0, 0.1) is 0 Å². The van der Waals surface area contributed by atoms with Crippen molar-refractivity contribution in [1.29, 1.82) is 0 Å². The SMILES string of the molecule is COc1cccc(C2C=C(c3ccccc3)Nc3c(C(=O)Nc4ccc(Cl)cc4)cnn32)c1OC. The molecule has 1 aromatic heterocycles. The van der Waals surface area contributed by atoms with Crippen molar-refractivity contribution in [3.8, 4) is 11.5 Å². The van der Waals surface area contributed by atoms with Crippen molar-refractivity contribution < 1.29 is 14.3 Å². The fraction of sp³-hybridized carbons (Fsp3) is 0.111. The fourth-order valence-electron chi connectivity index (χ4n) is 4.15. The van der Waals surface area contributed by atoms with E-state index < -0.39 is 0 Å². The van der Waals surface area contributed by atoms with Crippen molar-refractivity contribution >= 4 is 34.7 Å². The molecule has 3 aromatic carbocycles. The number of aromatic nitrogens is 2. The van der Waals surface area contributed by atoms with Gasteiger partial charge in [0.25, 0.3) is 5.91 Å². The molecule has 7 nitrogen and oxygen atoms in total. The van der Waals surface area contributed by atoms with Gasteiger partial charge in [-0.1, -0.05) is 54.1 Å². The summed E-state index contributed by atoms with van der Waals surface area (Å²) >= 11 is 5.98. The van der Waals surface area contributed by atoms with E-state index in [2.05, 4.69) is 21.8 Å². The normalized spacial score (nSPS) is 14.4. The third-order valence-electron chi connectivity index (χ3n) is 5.82. The van der Waals surface area contributed by atoms with Crippen LogP contribution < -0.4 is 20.1 Å². The van der Waals surface area contributed by atoms with E-state index in [4.69, 9.17) is 21.1 Å². The highest BCUT2D eigenvalue weighted by molar-refractivity contribution is 6.30. The van der Waals surface area contributed by atoms with Gasteiger partial charge in [0.15, 0.2) is 11.5 Å². The maximum atomic E-state index is 13.2. The number of rotatable bonds is 6. The van der Waals surface area contributed by atoms with Crippen molar-refractivity contribution in [2.75, 3.05) is 24.9 Å². The molecular weight excluding hydrogens is 464 g/mol. The number of hydrogen-bond acceptors (Lipinski definition) is 5. The summed E-state index contributed by atoms with van der Waals surface area (Å²) in [4.78, 5) is 13.2. The predicted molar refractivity (Wildman–Crippen MR) is 137 cm³/mol. The van der Waals surface area contributed by atoms with E-state index in [1.165, 1.54) is 0 Å². The van der Waals surface area contributed by atoms with Gasteiger partial charge in [-0.25, -0.2) is 4.68 Å². The van der Waals surface area contributed by atoms with Gasteiger partial charge in [-0.05, 0) is 42.0 Å². The summed E-state index contributed by atoms with van der Waals surface area (Å²) in [5.74, 6) is 1.52. The van der Waals surface area contributed by atoms with E-state index in [-0.39, 0.29) is 11.9 Å². The van der Waals surface area contributed by atoms with Crippen LogP contribution >= 0.6 is 11.6 Å².